The molecule has 17 heavy (non-hydrogen) atoms. The summed E-state index contributed by atoms with van der Waals surface area (Å²) in [5.41, 5.74) is 0.535. The van der Waals surface area contributed by atoms with Crippen LogP contribution in [0.3, 0.4) is 0 Å². The Balaban J connectivity index is 2.11. The van der Waals surface area contributed by atoms with E-state index in [1.54, 1.807) is 30.7 Å². The molecule has 1 amide bonds. The largest absolute Gasteiger partial charge is 0.370 e. The highest BCUT2D eigenvalue weighted by Gasteiger charge is 2.07. The summed E-state index contributed by atoms with van der Waals surface area (Å²) in [6, 6.07) is 3.35. The molecule has 2 heterocycles. The normalized spacial score (nSPS) is 9.94. The molecule has 0 aromatic carbocycles. The highest BCUT2D eigenvalue weighted by atomic mass is 16.1. The van der Waals surface area contributed by atoms with E-state index in [4.69, 9.17) is 0 Å². The summed E-state index contributed by atoms with van der Waals surface area (Å²) in [6.45, 7) is 2.73. The maximum atomic E-state index is 11.8. The molecule has 88 valence electrons. The molecule has 2 aromatic rings. The number of carbonyl (C=O) groups excluding carboxylic acids is 1. The van der Waals surface area contributed by atoms with Crippen LogP contribution in [-0.4, -0.2) is 27.4 Å². The van der Waals surface area contributed by atoms with Crippen LogP contribution in [0.1, 0.15) is 17.3 Å². The standard InChI is InChI=1S/C11H13N5O/c1-2-12-9-7-8(3-4-13-9)10(17)16-11-14-5-6-15-11/h3-7H,2H2,1H3,(H,12,13)(H2,14,15,16,17). The van der Waals surface area contributed by atoms with Crippen LogP contribution in [0, 0.1) is 0 Å². The number of nitrogens with one attached hydrogen (secondary N) is 3. The van der Waals surface area contributed by atoms with Crippen LogP contribution in [0.25, 0.3) is 0 Å². The number of anilines is 2. The van der Waals surface area contributed by atoms with Crippen LogP contribution >= 0.6 is 0 Å². The first kappa shape index (κ1) is 11.1. The molecule has 0 aliphatic carbocycles. The number of pyridine rings is 1. The van der Waals surface area contributed by atoms with Gasteiger partial charge in [0.15, 0.2) is 0 Å². The fourth-order valence-corrected chi connectivity index (χ4v) is 1.36. The van der Waals surface area contributed by atoms with Crippen molar-refractivity contribution in [2.75, 3.05) is 17.2 Å². The molecule has 0 radical (unpaired) electrons. The first-order chi connectivity index (χ1) is 8.29. The number of H-pyrrole nitrogens is 1. The van der Waals surface area contributed by atoms with Crippen molar-refractivity contribution in [1.29, 1.82) is 0 Å². The van der Waals surface area contributed by atoms with Gasteiger partial charge in [0, 0.05) is 30.7 Å². The van der Waals surface area contributed by atoms with E-state index < -0.39 is 0 Å². The second-order valence-electron chi connectivity index (χ2n) is 3.35. The van der Waals surface area contributed by atoms with Gasteiger partial charge in [0.1, 0.15) is 5.82 Å². The molecule has 0 fully saturated rings. The van der Waals surface area contributed by atoms with Crippen molar-refractivity contribution in [2.45, 2.75) is 6.92 Å². The molecule has 0 aliphatic rings. The lowest BCUT2D eigenvalue weighted by atomic mass is 10.2. The smallest absolute Gasteiger partial charge is 0.258 e. The lowest BCUT2D eigenvalue weighted by molar-refractivity contribution is 0.102. The fourth-order valence-electron chi connectivity index (χ4n) is 1.36. The molecule has 0 saturated heterocycles. The van der Waals surface area contributed by atoms with Crippen molar-refractivity contribution in [3.63, 3.8) is 0 Å². The predicted molar refractivity (Wildman–Crippen MR) is 64.9 cm³/mol. The Labute approximate surface area is 98.5 Å². The van der Waals surface area contributed by atoms with Gasteiger partial charge < -0.3 is 10.3 Å². The number of imidazole rings is 1. The zero-order chi connectivity index (χ0) is 12.1. The van der Waals surface area contributed by atoms with Gasteiger partial charge >= 0.3 is 0 Å². The summed E-state index contributed by atoms with van der Waals surface area (Å²) in [5.74, 6) is 0.887. The topological polar surface area (TPSA) is 82.7 Å². The average Bonchev–Trinajstić information content (AvgIpc) is 2.83. The molecule has 0 saturated carbocycles. The minimum absolute atomic E-state index is 0.221. The Kier molecular flexibility index (Phi) is 3.34. The van der Waals surface area contributed by atoms with Gasteiger partial charge in [-0.25, -0.2) is 9.97 Å². The van der Waals surface area contributed by atoms with Crippen molar-refractivity contribution in [3.05, 3.63) is 36.3 Å². The Morgan fingerprint density at radius 2 is 2.29 bits per heavy atom. The molecule has 0 spiro atoms. The third-order valence-corrected chi connectivity index (χ3v) is 2.11. The highest BCUT2D eigenvalue weighted by molar-refractivity contribution is 6.03. The van der Waals surface area contributed by atoms with E-state index in [0.717, 1.165) is 6.54 Å². The maximum Gasteiger partial charge on any atom is 0.258 e. The van der Waals surface area contributed by atoms with Crippen LogP contribution in [0.2, 0.25) is 0 Å². The number of carbonyl (C=O) groups is 1. The first-order valence-corrected chi connectivity index (χ1v) is 5.30. The Bertz CT molecular complexity index is 494. The van der Waals surface area contributed by atoms with Crippen LogP contribution in [0.15, 0.2) is 30.7 Å². The molecule has 6 nitrogen and oxygen atoms in total. The van der Waals surface area contributed by atoms with Gasteiger partial charge in [-0.3, -0.25) is 10.1 Å². The van der Waals surface area contributed by atoms with Crippen molar-refractivity contribution in [3.8, 4) is 0 Å². The van der Waals surface area contributed by atoms with E-state index in [0.29, 0.717) is 17.3 Å². The molecule has 0 aliphatic heterocycles. The van der Waals surface area contributed by atoms with Crippen molar-refractivity contribution >= 4 is 17.7 Å². The fraction of sp³-hybridized carbons (Fsp3) is 0.182. The lowest BCUT2D eigenvalue weighted by Crippen LogP contribution is -2.13. The number of hydrogen-bond acceptors (Lipinski definition) is 4. The van der Waals surface area contributed by atoms with Gasteiger partial charge in [-0.2, -0.15) is 0 Å². The summed E-state index contributed by atoms with van der Waals surface area (Å²) in [7, 11) is 0. The van der Waals surface area contributed by atoms with Crippen LogP contribution in [0.4, 0.5) is 11.8 Å². The van der Waals surface area contributed by atoms with E-state index in [2.05, 4.69) is 25.6 Å². The molecule has 0 atom stereocenters. The molecule has 0 bridgehead atoms. The molecule has 0 unspecified atom stereocenters. The summed E-state index contributed by atoms with van der Waals surface area (Å²) in [5, 5.41) is 5.69. The predicted octanol–water partition coefficient (Wildman–Crippen LogP) is 1.49. The van der Waals surface area contributed by atoms with E-state index in [9.17, 15) is 4.79 Å². The molecular weight excluding hydrogens is 218 g/mol. The van der Waals surface area contributed by atoms with Crippen LogP contribution in [0.5, 0.6) is 0 Å². The summed E-state index contributed by atoms with van der Waals surface area (Å²) in [6.07, 6.45) is 4.81. The third-order valence-electron chi connectivity index (χ3n) is 2.11. The molecule has 2 aromatic heterocycles. The molecule has 6 heteroatoms. The van der Waals surface area contributed by atoms with Gasteiger partial charge in [-0.1, -0.05) is 0 Å². The maximum absolute atomic E-state index is 11.8. The minimum Gasteiger partial charge on any atom is -0.370 e. The Hall–Kier alpha value is -2.37. The lowest BCUT2D eigenvalue weighted by Gasteiger charge is -2.05. The zero-order valence-electron chi connectivity index (χ0n) is 9.40. The van der Waals surface area contributed by atoms with Gasteiger partial charge in [0.05, 0.1) is 0 Å². The van der Waals surface area contributed by atoms with Crippen molar-refractivity contribution < 1.29 is 4.79 Å². The first-order valence-electron chi connectivity index (χ1n) is 5.30. The molecule has 2 rings (SSSR count). The number of rotatable bonds is 4. The van der Waals surface area contributed by atoms with E-state index in [1.165, 1.54) is 0 Å². The third kappa shape index (κ3) is 2.81. The van der Waals surface area contributed by atoms with Crippen molar-refractivity contribution in [2.24, 2.45) is 0 Å². The van der Waals surface area contributed by atoms with Gasteiger partial charge in [-0.15, -0.1) is 0 Å². The molecule has 3 N–H and O–H groups in total. The summed E-state index contributed by atoms with van der Waals surface area (Å²) < 4.78 is 0. The van der Waals surface area contributed by atoms with Crippen LogP contribution in [-0.2, 0) is 0 Å². The van der Waals surface area contributed by atoms with Gasteiger partial charge in [0.25, 0.3) is 5.91 Å². The van der Waals surface area contributed by atoms with E-state index in [1.807, 2.05) is 6.92 Å². The molecular formula is C11H13N5O. The van der Waals surface area contributed by atoms with Crippen molar-refractivity contribution in [1.82, 2.24) is 15.0 Å². The second kappa shape index (κ2) is 5.11. The second-order valence-corrected chi connectivity index (χ2v) is 3.35. The monoisotopic (exact) mass is 231 g/mol. The summed E-state index contributed by atoms with van der Waals surface area (Å²) >= 11 is 0. The van der Waals surface area contributed by atoms with Gasteiger partial charge in [0.2, 0.25) is 5.95 Å². The Morgan fingerprint density at radius 3 is 3.00 bits per heavy atom. The van der Waals surface area contributed by atoms with E-state index in [-0.39, 0.29) is 5.91 Å². The minimum atomic E-state index is -0.221. The van der Waals surface area contributed by atoms with E-state index >= 15 is 0 Å². The average molecular weight is 231 g/mol. The zero-order valence-corrected chi connectivity index (χ0v) is 9.40. The highest BCUT2D eigenvalue weighted by Crippen LogP contribution is 2.08. The summed E-state index contributed by atoms with van der Waals surface area (Å²) in [4.78, 5) is 22.7. The number of hydrogen-bond donors (Lipinski definition) is 3. The van der Waals surface area contributed by atoms with Crippen LogP contribution < -0.4 is 10.6 Å². The van der Waals surface area contributed by atoms with Gasteiger partial charge in [-0.05, 0) is 19.1 Å². The number of aromatic nitrogens is 3. The SMILES string of the molecule is CCNc1cc(C(=O)Nc2ncc[nH]2)ccn1. The quantitative estimate of drug-likeness (QED) is 0.744. The number of nitrogens with zero attached hydrogens (tertiary/aromatic N) is 2. The Morgan fingerprint density at radius 1 is 1.41 bits per heavy atom. The number of aromatic amines is 1. The number of amides is 1.